The van der Waals surface area contributed by atoms with Gasteiger partial charge < -0.3 is 10.5 Å². The molecule has 0 spiro atoms. The fourth-order valence-electron chi connectivity index (χ4n) is 0.721. The molecule has 5 heteroatoms. The molecule has 0 amide bonds. The van der Waals surface area contributed by atoms with Crippen molar-refractivity contribution in [2.45, 2.75) is 0 Å². The SMILES string of the molecule is COC(=O)c1cc(N)ncc1I. The molecule has 2 N–H and O–H groups in total. The van der Waals surface area contributed by atoms with Crippen LogP contribution in [-0.2, 0) is 4.74 Å². The summed E-state index contributed by atoms with van der Waals surface area (Å²) >= 11 is 2.00. The number of hydrogen-bond donors (Lipinski definition) is 1. The van der Waals surface area contributed by atoms with Crippen molar-refractivity contribution in [2.75, 3.05) is 12.8 Å². The number of nitrogens with two attached hydrogens (primary N) is 1. The van der Waals surface area contributed by atoms with Gasteiger partial charge in [0.25, 0.3) is 0 Å². The van der Waals surface area contributed by atoms with E-state index in [-0.39, 0.29) is 0 Å². The molecule has 12 heavy (non-hydrogen) atoms. The lowest BCUT2D eigenvalue weighted by atomic mass is 10.3. The lowest BCUT2D eigenvalue weighted by molar-refractivity contribution is 0.0599. The van der Waals surface area contributed by atoms with Crippen LogP contribution in [-0.4, -0.2) is 18.1 Å². The van der Waals surface area contributed by atoms with Gasteiger partial charge in [-0.05, 0) is 28.7 Å². The zero-order chi connectivity index (χ0) is 9.14. The van der Waals surface area contributed by atoms with Crippen molar-refractivity contribution in [2.24, 2.45) is 0 Å². The minimum Gasteiger partial charge on any atom is -0.465 e. The van der Waals surface area contributed by atoms with Crippen molar-refractivity contribution in [3.63, 3.8) is 0 Å². The van der Waals surface area contributed by atoms with Crippen molar-refractivity contribution in [1.29, 1.82) is 0 Å². The second kappa shape index (κ2) is 3.70. The first-order valence-electron chi connectivity index (χ1n) is 3.14. The lowest BCUT2D eigenvalue weighted by Crippen LogP contribution is -2.05. The van der Waals surface area contributed by atoms with Gasteiger partial charge in [-0.3, -0.25) is 0 Å². The Morgan fingerprint density at radius 1 is 1.75 bits per heavy atom. The highest BCUT2D eigenvalue weighted by molar-refractivity contribution is 14.1. The fraction of sp³-hybridized carbons (Fsp3) is 0.143. The number of nitrogen functional groups attached to an aromatic ring is 1. The third kappa shape index (κ3) is 1.84. The molecule has 0 unspecified atom stereocenters. The molecule has 0 aliphatic carbocycles. The normalized spacial score (nSPS) is 9.50. The number of ether oxygens (including phenoxy) is 1. The predicted octanol–water partition coefficient (Wildman–Crippen LogP) is 1.05. The maximum atomic E-state index is 11.1. The summed E-state index contributed by atoms with van der Waals surface area (Å²) in [4.78, 5) is 14.9. The quantitative estimate of drug-likeness (QED) is 0.616. The molecule has 1 heterocycles. The molecule has 64 valence electrons. The number of methoxy groups -OCH3 is 1. The van der Waals surface area contributed by atoms with E-state index in [2.05, 4.69) is 9.72 Å². The van der Waals surface area contributed by atoms with Crippen LogP contribution in [0.1, 0.15) is 10.4 Å². The molecule has 0 saturated carbocycles. The molecule has 0 fully saturated rings. The summed E-state index contributed by atoms with van der Waals surface area (Å²) in [6.07, 6.45) is 1.53. The summed E-state index contributed by atoms with van der Waals surface area (Å²) in [6.45, 7) is 0. The smallest absolute Gasteiger partial charge is 0.339 e. The molecule has 4 nitrogen and oxygen atoms in total. The Morgan fingerprint density at radius 3 is 3.00 bits per heavy atom. The van der Waals surface area contributed by atoms with Gasteiger partial charge in [-0.1, -0.05) is 0 Å². The highest BCUT2D eigenvalue weighted by Crippen LogP contribution is 2.13. The highest BCUT2D eigenvalue weighted by Gasteiger charge is 2.10. The van der Waals surface area contributed by atoms with E-state index >= 15 is 0 Å². The van der Waals surface area contributed by atoms with Crippen molar-refractivity contribution < 1.29 is 9.53 Å². The van der Waals surface area contributed by atoms with E-state index in [1.165, 1.54) is 19.4 Å². The number of carbonyl (C=O) groups excluding carboxylic acids is 1. The lowest BCUT2D eigenvalue weighted by Gasteiger charge is -2.01. The van der Waals surface area contributed by atoms with Crippen LogP contribution in [0.3, 0.4) is 0 Å². The standard InChI is InChI=1S/C7H7IN2O2/c1-12-7(11)4-2-6(9)10-3-5(4)8/h2-3H,1H3,(H2,9,10). The van der Waals surface area contributed by atoms with E-state index in [4.69, 9.17) is 5.73 Å². The van der Waals surface area contributed by atoms with E-state index in [1.807, 2.05) is 22.6 Å². The Morgan fingerprint density at radius 2 is 2.42 bits per heavy atom. The first kappa shape index (κ1) is 9.24. The summed E-state index contributed by atoms with van der Waals surface area (Å²) < 4.78 is 5.28. The van der Waals surface area contributed by atoms with Crippen molar-refractivity contribution in [3.05, 3.63) is 21.4 Å². The summed E-state index contributed by atoms with van der Waals surface area (Å²) in [5.41, 5.74) is 5.85. The molecule has 0 aliphatic rings. The molecule has 1 aromatic heterocycles. The van der Waals surface area contributed by atoms with E-state index < -0.39 is 5.97 Å². The van der Waals surface area contributed by atoms with E-state index in [1.54, 1.807) is 0 Å². The van der Waals surface area contributed by atoms with E-state index in [9.17, 15) is 4.79 Å². The molecule has 0 saturated heterocycles. The Hall–Kier alpha value is -0.850. The molecule has 0 atom stereocenters. The Bertz CT molecular complexity index is 314. The van der Waals surface area contributed by atoms with Gasteiger partial charge in [0.1, 0.15) is 5.82 Å². The number of rotatable bonds is 1. The highest BCUT2D eigenvalue weighted by atomic mass is 127. The van der Waals surface area contributed by atoms with Crippen molar-refractivity contribution >= 4 is 34.4 Å². The van der Waals surface area contributed by atoms with Gasteiger partial charge in [-0.15, -0.1) is 0 Å². The first-order chi connectivity index (χ1) is 5.65. The minimum absolute atomic E-state index is 0.316. The molecule has 0 radical (unpaired) electrons. The molecule has 1 rings (SSSR count). The Labute approximate surface area is 83.3 Å². The van der Waals surface area contributed by atoms with Crippen LogP contribution >= 0.6 is 22.6 Å². The fourth-order valence-corrected chi connectivity index (χ4v) is 1.24. The third-order valence-electron chi connectivity index (χ3n) is 1.28. The largest absolute Gasteiger partial charge is 0.465 e. The second-order valence-corrected chi connectivity index (χ2v) is 3.24. The van der Waals surface area contributed by atoms with Crippen LogP contribution in [0.5, 0.6) is 0 Å². The maximum Gasteiger partial charge on any atom is 0.339 e. The molecule has 0 aliphatic heterocycles. The Kier molecular flexibility index (Phi) is 2.85. The van der Waals surface area contributed by atoms with Gasteiger partial charge >= 0.3 is 5.97 Å². The van der Waals surface area contributed by atoms with Crippen LogP contribution in [0.15, 0.2) is 12.3 Å². The van der Waals surface area contributed by atoms with Gasteiger partial charge in [-0.2, -0.15) is 0 Å². The zero-order valence-corrected chi connectivity index (χ0v) is 8.53. The van der Waals surface area contributed by atoms with Crippen LogP contribution in [0.2, 0.25) is 0 Å². The van der Waals surface area contributed by atoms with Gasteiger partial charge in [-0.25, -0.2) is 9.78 Å². The Balaban J connectivity index is 3.13. The minimum atomic E-state index is -0.395. The number of hydrogen-bond acceptors (Lipinski definition) is 4. The topological polar surface area (TPSA) is 65.2 Å². The average Bonchev–Trinajstić information content (AvgIpc) is 2.08. The summed E-state index contributed by atoms with van der Waals surface area (Å²) in [5, 5.41) is 0. The molecular formula is C7H7IN2O2. The number of carbonyl (C=O) groups is 1. The number of nitrogens with zero attached hydrogens (tertiary/aromatic N) is 1. The van der Waals surface area contributed by atoms with Crippen LogP contribution in [0, 0.1) is 3.57 Å². The van der Waals surface area contributed by atoms with E-state index in [0.29, 0.717) is 11.4 Å². The second-order valence-electron chi connectivity index (χ2n) is 2.08. The van der Waals surface area contributed by atoms with Crippen LogP contribution < -0.4 is 5.73 Å². The van der Waals surface area contributed by atoms with Crippen molar-refractivity contribution in [1.82, 2.24) is 4.98 Å². The number of halogens is 1. The third-order valence-corrected chi connectivity index (χ3v) is 2.14. The molecule has 1 aromatic rings. The van der Waals surface area contributed by atoms with Crippen LogP contribution in [0.4, 0.5) is 5.82 Å². The number of pyridine rings is 1. The predicted molar refractivity (Wildman–Crippen MR) is 52.7 cm³/mol. The summed E-state index contributed by atoms with van der Waals surface area (Å²) in [7, 11) is 1.33. The van der Waals surface area contributed by atoms with Gasteiger partial charge in [0.15, 0.2) is 0 Å². The molecule has 0 aromatic carbocycles. The average molecular weight is 278 g/mol. The zero-order valence-electron chi connectivity index (χ0n) is 6.37. The van der Waals surface area contributed by atoms with Crippen molar-refractivity contribution in [3.8, 4) is 0 Å². The first-order valence-corrected chi connectivity index (χ1v) is 4.22. The van der Waals surface area contributed by atoms with Crippen LogP contribution in [0.25, 0.3) is 0 Å². The van der Waals surface area contributed by atoms with E-state index in [0.717, 1.165) is 3.57 Å². The summed E-state index contributed by atoms with van der Waals surface area (Å²) in [6, 6.07) is 1.49. The summed E-state index contributed by atoms with van der Waals surface area (Å²) in [5.74, 6) is -0.0793. The maximum absolute atomic E-state index is 11.1. The van der Waals surface area contributed by atoms with Gasteiger partial charge in [0.05, 0.1) is 12.7 Å². The van der Waals surface area contributed by atoms with Gasteiger partial charge in [0, 0.05) is 9.77 Å². The number of aromatic nitrogens is 1. The molecule has 0 bridgehead atoms. The van der Waals surface area contributed by atoms with Gasteiger partial charge in [0.2, 0.25) is 0 Å². The monoisotopic (exact) mass is 278 g/mol. The number of anilines is 1. The molecular weight excluding hydrogens is 271 g/mol. The number of esters is 1.